The number of anilines is 1. The van der Waals surface area contributed by atoms with Crippen LogP contribution in [0.1, 0.15) is 23.1 Å². The van der Waals surface area contributed by atoms with Gasteiger partial charge in [0.1, 0.15) is 0 Å². The van der Waals surface area contributed by atoms with Crippen molar-refractivity contribution in [1.82, 2.24) is 5.32 Å². The van der Waals surface area contributed by atoms with E-state index in [2.05, 4.69) is 78.6 Å². The van der Waals surface area contributed by atoms with E-state index < -0.39 is 0 Å². The molecule has 5 nitrogen and oxygen atoms in total. The van der Waals surface area contributed by atoms with Gasteiger partial charge in [-0.25, -0.2) is 14.6 Å². The summed E-state index contributed by atoms with van der Waals surface area (Å²) in [5.41, 5.74) is 4.59. The predicted octanol–water partition coefficient (Wildman–Crippen LogP) is 9.63. The summed E-state index contributed by atoms with van der Waals surface area (Å²) in [4.78, 5) is 27.2. The zero-order valence-corrected chi connectivity index (χ0v) is 29.2. The average Bonchev–Trinajstić information content (AvgIpc) is 3.06. The molecule has 0 bridgehead atoms. The van der Waals surface area contributed by atoms with Gasteiger partial charge in [-0.1, -0.05) is 105 Å². The highest BCUT2D eigenvalue weighted by molar-refractivity contribution is 9.10. The topological polar surface area (TPSA) is 61.8 Å². The number of alkyl halides is 2. The Labute approximate surface area is 287 Å². The van der Waals surface area contributed by atoms with Crippen LogP contribution in [-0.4, -0.2) is 43.5 Å². The summed E-state index contributed by atoms with van der Waals surface area (Å²) in [6.07, 6.45) is 5.27. The van der Waals surface area contributed by atoms with Crippen LogP contribution in [0.5, 0.6) is 0 Å². The van der Waals surface area contributed by atoms with Crippen LogP contribution in [0.3, 0.4) is 0 Å². The maximum atomic E-state index is 12.4. The Morgan fingerprint density at radius 1 is 0.705 bits per heavy atom. The number of carbonyl (C=O) groups excluding carboxylic acids is 2. The standard InChI is InChI=1S/C17H18BrClN2O.C9H10BrCl.C9H9NO/c18-15-6-8-16(9-7-15)21(13-11-19)17(22)20-12-10-14-4-2-1-3-5-14;10-9-5-3-8(4-6-9)2-1-7-11;11-8-10-7-6-9-4-2-1-3-5-9/h1-9H,10-13H2,(H,20,22);3-6H,1-2,7H2;1-5H,6-7H2. The maximum absolute atomic E-state index is 12.4. The van der Waals surface area contributed by atoms with E-state index in [0.29, 0.717) is 25.5 Å². The number of benzene rings is 4. The van der Waals surface area contributed by atoms with E-state index in [1.807, 2.05) is 72.8 Å². The zero-order valence-electron chi connectivity index (χ0n) is 24.5. The van der Waals surface area contributed by atoms with Gasteiger partial charge in [0.05, 0.1) is 6.54 Å². The smallest absolute Gasteiger partial charge is 0.321 e. The largest absolute Gasteiger partial charge is 0.337 e. The Hall–Kier alpha value is -2.93. The van der Waals surface area contributed by atoms with Crippen molar-refractivity contribution in [3.8, 4) is 0 Å². The molecule has 0 saturated carbocycles. The van der Waals surface area contributed by atoms with E-state index in [1.165, 1.54) is 22.8 Å². The fourth-order valence-electron chi connectivity index (χ4n) is 3.90. The van der Waals surface area contributed by atoms with Crippen LogP contribution in [0.25, 0.3) is 0 Å². The normalized spacial score (nSPS) is 9.82. The number of aryl methyl sites for hydroxylation is 1. The van der Waals surface area contributed by atoms with E-state index >= 15 is 0 Å². The summed E-state index contributed by atoms with van der Waals surface area (Å²) in [6.45, 7) is 1.60. The number of urea groups is 1. The number of amides is 2. The molecule has 44 heavy (non-hydrogen) atoms. The molecule has 1 N–H and O–H groups in total. The van der Waals surface area contributed by atoms with Crippen molar-refractivity contribution in [3.63, 3.8) is 0 Å². The van der Waals surface area contributed by atoms with E-state index in [-0.39, 0.29) is 6.03 Å². The Bertz CT molecular complexity index is 1370. The number of hydrogen-bond acceptors (Lipinski definition) is 3. The fourth-order valence-corrected chi connectivity index (χ4v) is 4.74. The SMILES string of the molecule is ClCCCc1ccc(Br)cc1.O=C(NCCc1ccccc1)N(CCCl)c1ccc(Br)cc1.O=C=NCCc1ccccc1. The lowest BCUT2D eigenvalue weighted by molar-refractivity contribution is 0.246. The van der Waals surface area contributed by atoms with Crippen molar-refractivity contribution < 1.29 is 9.59 Å². The molecule has 2 amide bonds. The Balaban J connectivity index is 0.000000257. The van der Waals surface area contributed by atoms with E-state index in [1.54, 1.807) is 4.90 Å². The molecule has 9 heteroatoms. The first kappa shape index (κ1) is 37.3. The molecule has 0 saturated heterocycles. The summed E-state index contributed by atoms with van der Waals surface area (Å²) in [5.74, 6) is 1.14. The molecule has 232 valence electrons. The summed E-state index contributed by atoms with van der Waals surface area (Å²) in [5, 5.41) is 2.95. The fraction of sp³-hybridized carbons (Fsp3) is 0.257. The molecule has 0 unspecified atom stereocenters. The molecule has 0 aliphatic rings. The van der Waals surface area contributed by atoms with Gasteiger partial charge in [-0.2, -0.15) is 0 Å². The average molecular weight is 762 g/mol. The summed E-state index contributed by atoms with van der Waals surface area (Å²) in [6, 6.07) is 35.9. The Morgan fingerprint density at radius 2 is 1.23 bits per heavy atom. The first-order valence-corrected chi connectivity index (χ1v) is 16.9. The van der Waals surface area contributed by atoms with Gasteiger partial charge in [0.25, 0.3) is 0 Å². The summed E-state index contributed by atoms with van der Waals surface area (Å²) >= 11 is 18.2. The number of halogens is 4. The van der Waals surface area contributed by atoms with Crippen LogP contribution in [-0.2, 0) is 24.1 Å². The molecule has 0 fully saturated rings. The predicted molar refractivity (Wildman–Crippen MR) is 192 cm³/mol. The third-order valence-corrected chi connectivity index (χ3v) is 7.65. The van der Waals surface area contributed by atoms with Crippen LogP contribution in [0, 0.1) is 0 Å². The monoisotopic (exact) mass is 759 g/mol. The van der Waals surface area contributed by atoms with Crippen LogP contribution in [0.2, 0.25) is 0 Å². The lowest BCUT2D eigenvalue weighted by Gasteiger charge is -2.22. The van der Waals surface area contributed by atoms with Crippen LogP contribution >= 0.6 is 55.1 Å². The second-order valence-electron chi connectivity index (χ2n) is 9.41. The molecule has 0 spiro atoms. The van der Waals surface area contributed by atoms with Gasteiger partial charge in [0, 0.05) is 39.5 Å². The number of nitrogens with one attached hydrogen (secondary N) is 1. The number of nitrogens with zero attached hydrogens (tertiary/aromatic N) is 2. The molecule has 0 radical (unpaired) electrons. The summed E-state index contributed by atoms with van der Waals surface area (Å²) < 4.78 is 2.11. The van der Waals surface area contributed by atoms with Gasteiger partial charge in [0.15, 0.2) is 0 Å². The lowest BCUT2D eigenvalue weighted by Crippen LogP contribution is -2.42. The zero-order chi connectivity index (χ0) is 31.8. The second kappa shape index (κ2) is 23.5. The van der Waals surface area contributed by atoms with Crippen molar-refractivity contribution in [3.05, 3.63) is 135 Å². The second-order valence-corrected chi connectivity index (χ2v) is 12.0. The van der Waals surface area contributed by atoms with Gasteiger partial charge in [-0.3, -0.25) is 4.90 Å². The first-order valence-electron chi connectivity index (χ1n) is 14.3. The van der Waals surface area contributed by atoms with E-state index in [9.17, 15) is 9.59 Å². The highest BCUT2D eigenvalue weighted by atomic mass is 79.9. The van der Waals surface area contributed by atoms with Crippen LogP contribution < -0.4 is 10.2 Å². The van der Waals surface area contributed by atoms with E-state index in [4.69, 9.17) is 23.2 Å². The molecule has 0 atom stereocenters. The molecule has 4 rings (SSSR count). The number of isocyanates is 1. The number of aliphatic imine (C=N–C) groups is 1. The molecule has 0 aliphatic carbocycles. The maximum Gasteiger partial charge on any atom is 0.321 e. The number of hydrogen-bond donors (Lipinski definition) is 1. The van der Waals surface area contributed by atoms with Crippen molar-refractivity contribution in [1.29, 1.82) is 0 Å². The van der Waals surface area contributed by atoms with Gasteiger partial charge in [-0.15, -0.1) is 23.2 Å². The third-order valence-electron chi connectivity index (χ3n) is 6.16. The van der Waals surface area contributed by atoms with Crippen LogP contribution in [0.15, 0.2) is 123 Å². The lowest BCUT2D eigenvalue weighted by atomic mass is 10.1. The van der Waals surface area contributed by atoms with Gasteiger partial charge in [0.2, 0.25) is 6.08 Å². The first-order chi connectivity index (χ1) is 21.5. The van der Waals surface area contributed by atoms with Gasteiger partial charge >= 0.3 is 6.03 Å². The molecule has 0 aromatic heterocycles. The minimum Gasteiger partial charge on any atom is -0.337 e. The molecule has 4 aromatic rings. The highest BCUT2D eigenvalue weighted by Crippen LogP contribution is 2.18. The quantitative estimate of drug-likeness (QED) is 0.0889. The molecule has 0 heterocycles. The molecule has 4 aromatic carbocycles. The minimum absolute atomic E-state index is 0.126. The highest BCUT2D eigenvalue weighted by Gasteiger charge is 2.14. The third kappa shape index (κ3) is 16.2. The Kier molecular flexibility index (Phi) is 19.9. The van der Waals surface area contributed by atoms with Crippen molar-refractivity contribution in [2.75, 3.05) is 36.3 Å². The van der Waals surface area contributed by atoms with Gasteiger partial charge < -0.3 is 5.32 Å². The minimum atomic E-state index is -0.126. The van der Waals surface area contributed by atoms with Gasteiger partial charge in [-0.05, 0) is 78.8 Å². The number of rotatable bonds is 12. The van der Waals surface area contributed by atoms with E-state index in [0.717, 1.165) is 46.2 Å². The molecular weight excluding hydrogens is 725 g/mol. The summed E-state index contributed by atoms with van der Waals surface area (Å²) in [7, 11) is 0. The molecule has 0 aliphatic heterocycles. The van der Waals surface area contributed by atoms with Crippen molar-refractivity contribution >= 4 is 72.9 Å². The molecular formula is C35H37Br2Cl2N3O2. The Morgan fingerprint density at radius 3 is 1.75 bits per heavy atom. The number of carbonyl (C=O) groups is 1. The van der Waals surface area contributed by atoms with Crippen molar-refractivity contribution in [2.24, 2.45) is 4.99 Å². The van der Waals surface area contributed by atoms with Crippen LogP contribution in [0.4, 0.5) is 10.5 Å². The van der Waals surface area contributed by atoms with Crippen molar-refractivity contribution in [2.45, 2.75) is 25.7 Å².